The summed E-state index contributed by atoms with van der Waals surface area (Å²) in [4.78, 5) is 18.8. The number of likely N-dealkylation sites (N-methyl/N-ethyl adjacent to an activating group) is 1. The zero-order valence-corrected chi connectivity index (χ0v) is 16.3. The Morgan fingerprint density at radius 1 is 1.21 bits per heavy atom. The molecule has 0 radical (unpaired) electrons. The van der Waals surface area contributed by atoms with E-state index in [4.69, 9.17) is 5.26 Å². The number of pyridine rings is 1. The zero-order chi connectivity index (χ0) is 20.1. The highest BCUT2D eigenvalue weighted by Crippen LogP contribution is 2.19. The molecule has 0 saturated carbocycles. The quantitative estimate of drug-likeness (QED) is 0.794. The van der Waals surface area contributed by atoms with Crippen LogP contribution in [0.2, 0.25) is 0 Å². The third-order valence-corrected chi connectivity index (χ3v) is 6.34. The molecule has 146 valence electrons. The van der Waals surface area contributed by atoms with E-state index in [0.29, 0.717) is 11.3 Å². The molecule has 1 aromatic heterocycles. The standard InChI is InChI=1S/C19H21N5O3S/c1-23(28(26,27)17-7-4-15(12-20)5-8-17)14-19(25)22-16-6-9-18(21-13-16)24-10-2-3-11-24/h4-9,13H,2-3,10-11,14H2,1H3,(H,22,25). The Morgan fingerprint density at radius 2 is 1.89 bits per heavy atom. The minimum atomic E-state index is -3.83. The summed E-state index contributed by atoms with van der Waals surface area (Å²) >= 11 is 0. The first-order valence-corrected chi connectivity index (χ1v) is 10.3. The van der Waals surface area contributed by atoms with Gasteiger partial charge in [-0.3, -0.25) is 4.79 Å². The van der Waals surface area contributed by atoms with E-state index >= 15 is 0 Å². The van der Waals surface area contributed by atoms with Gasteiger partial charge in [0.15, 0.2) is 0 Å². The topological polar surface area (TPSA) is 106 Å². The number of nitrogens with zero attached hydrogens (tertiary/aromatic N) is 4. The highest BCUT2D eigenvalue weighted by molar-refractivity contribution is 7.89. The second kappa shape index (κ2) is 8.37. The predicted octanol–water partition coefficient (Wildman–Crippen LogP) is 1.81. The number of amides is 1. The molecule has 2 aromatic rings. The molecular formula is C19H21N5O3S. The fourth-order valence-electron chi connectivity index (χ4n) is 2.96. The van der Waals surface area contributed by atoms with E-state index in [2.05, 4.69) is 15.2 Å². The third kappa shape index (κ3) is 4.47. The molecule has 1 N–H and O–H groups in total. The van der Waals surface area contributed by atoms with E-state index in [1.54, 1.807) is 12.3 Å². The SMILES string of the molecule is CN(CC(=O)Nc1ccc(N2CCCC2)nc1)S(=O)(=O)c1ccc(C#N)cc1. The summed E-state index contributed by atoms with van der Waals surface area (Å²) in [7, 11) is -2.49. The number of nitrogens with one attached hydrogen (secondary N) is 1. The zero-order valence-electron chi connectivity index (χ0n) is 15.5. The second-order valence-corrected chi connectivity index (χ2v) is 8.59. The normalized spacial score (nSPS) is 14.1. The lowest BCUT2D eigenvalue weighted by Crippen LogP contribution is -2.35. The van der Waals surface area contributed by atoms with Crippen LogP contribution in [-0.4, -0.2) is 50.3 Å². The summed E-state index contributed by atoms with van der Waals surface area (Å²) in [5, 5.41) is 11.5. The van der Waals surface area contributed by atoms with Crippen molar-refractivity contribution < 1.29 is 13.2 Å². The maximum atomic E-state index is 12.6. The van der Waals surface area contributed by atoms with Crippen LogP contribution in [0.15, 0.2) is 47.5 Å². The molecule has 1 aliphatic rings. The van der Waals surface area contributed by atoms with Gasteiger partial charge in [0, 0.05) is 20.1 Å². The molecule has 8 nitrogen and oxygen atoms in total. The first kappa shape index (κ1) is 19.8. The molecule has 1 amide bonds. The molecule has 0 bridgehead atoms. The molecule has 2 heterocycles. The summed E-state index contributed by atoms with van der Waals surface area (Å²) in [5.74, 6) is 0.409. The van der Waals surface area contributed by atoms with E-state index in [1.807, 2.05) is 12.1 Å². The molecule has 0 unspecified atom stereocenters. The van der Waals surface area contributed by atoms with Crippen molar-refractivity contribution in [2.75, 3.05) is 36.9 Å². The second-order valence-electron chi connectivity index (χ2n) is 6.54. The number of sulfonamides is 1. The van der Waals surface area contributed by atoms with Crippen LogP contribution in [0.3, 0.4) is 0 Å². The van der Waals surface area contributed by atoms with E-state index in [1.165, 1.54) is 31.3 Å². The van der Waals surface area contributed by atoms with Crippen molar-refractivity contribution in [2.24, 2.45) is 0 Å². The molecule has 0 aliphatic carbocycles. The van der Waals surface area contributed by atoms with Crippen LogP contribution in [-0.2, 0) is 14.8 Å². The first-order valence-electron chi connectivity index (χ1n) is 8.87. The number of benzene rings is 1. The molecule has 1 fully saturated rings. The van der Waals surface area contributed by atoms with Crippen LogP contribution in [0.5, 0.6) is 0 Å². The van der Waals surface area contributed by atoms with Gasteiger partial charge >= 0.3 is 0 Å². The third-order valence-electron chi connectivity index (χ3n) is 4.52. The largest absolute Gasteiger partial charge is 0.357 e. The van der Waals surface area contributed by atoms with Crippen molar-refractivity contribution in [3.63, 3.8) is 0 Å². The van der Waals surface area contributed by atoms with Gasteiger partial charge in [0.2, 0.25) is 15.9 Å². The van der Waals surface area contributed by atoms with Gasteiger partial charge in [-0.15, -0.1) is 0 Å². The number of aromatic nitrogens is 1. The number of rotatable bonds is 6. The summed E-state index contributed by atoms with van der Waals surface area (Å²) in [5.41, 5.74) is 0.876. The fraction of sp³-hybridized carbons (Fsp3) is 0.316. The Bertz CT molecular complexity index is 976. The van der Waals surface area contributed by atoms with Gasteiger partial charge in [-0.1, -0.05) is 0 Å². The Morgan fingerprint density at radius 3 is 2.46 bits per heavy atom. The highest BCUT2D eigenvalue weighted by Gasteiger charge is 2.23. The first-order chi connectivity index (χ1) is 13.4. The van der Waals surface area contributed by atoms with Gasteiger partial charge in [0.25, 0.3) is 0 Å². The lowest BCUT2D eigenvalue weighted by Gasteiger charge is -2.18. The van der Waals surface area contributed by atoms with Crippen LogP contribution in [0.25, 0.3) is 0 Å². The van der Waals surface area contributed by atoms with Crippen LogP contribution >= 0.6 is 0 Å². The monoisotopic (exact) mass is 399 g/mol. The van der Waals surface area contributed by atoms with Gasteiger partial charge < -0.3 is 10.2 Å². The van der Waals surface area contributed by atoms with Gasteiger partial charge in [0.1, 0.15) is 5.82 Å². The van der Waals surface area contributed by atoms with Gasteiger partial charge in [-0.25, -0.2) is 13.4 Å². The lowest BCUT2D eigenvalue weighted by molar-refractivity contribution is -0.116. The predicted molar refractivity (Wildman–Crippen MR) is 105 cm³/mol. The smallest absolute Gasteiger partial charge is 0.243 e. The Labute approximate surface area is 164 Å². The molecule has 28 heavy (non-hydrogen) atoms. The van der Waals surface area contributed by atoms with Crippen LogP contribution in [0.1, 0.15) is 18.4 Å². The molecule has 9 heteroatoms. The number of hydrogen-bond donors (Lipinski definition) is 1. The minimum Gasteiger partial charge on any atom is -0.357 e. The minimum absolute atomic E-state index is 0.0263. The van der Waals surface area contributed by atoms with Crippen LogP contribution in [0.4, 0.5) is 11.5 Å². The van der Waals surface area contributed by atoms with Gasteiger partial charge in [-0.05, 0) is 49.2 Å². The van der Waals surface area contributed by atoms with Crippen LogP contribution in [0, 0.1) is 11.3 Å². The van der Waals surface area contributed by atoms with E-state index in [-0.39, 0.29) is 11.4 Å². The van der Waals surface area contributed by atoms with E-state index < -0.39 is 15.9 Å². The number of anilines is 2. The van der Waals surface area contributed by atoms with Crippen molar-refractivity contribution in [1.29, 1.82) is 5.26 Å². The molecule has 0 spiro atoms. The molecular weight excluding hydrogens is 378 g/mol. The maximum absolute atomic E-state index is 12.6. The lowest BCUT2D eigenvalue weighted by atomic mass is 10.2. The molecule has 1 aliphatic heterocycles. The highest BCUT2D eigenvalue weighted by atomic mass is 32.2. The average molecular weight is 399 g/mol. The maximum Gasteiger partial charge on any atom is 0.243 e. The molecule has 1 saturated heterocycles. The van der Waals surface area contributed by atoms with E-state index in [9.17, 15) is 13.2 Å². The number of nitriles is 1. The number of carbonyl (C=O) groups is 1. The van der Waals surface area contributed by atoms with Gasteiger partial charge in [-0.2, -0.15) is 9.57 Å². The van der Waals surface area contributed by atoms with Crippen molar-refractivity contribution in [1.82, 2.24) is 9.29 Å². The van der Waals surface area contributed by atoms with Gasteiger partial charge in [0.05, 0.1) is 35.0 Å². The summed E-state index contributed by atoms with van der Waals surface area (Å²) in [6.45, 7) is 1.63. The number of hydrogen-bond acceptors (Lipinski definition) is 6. The van der Waals surface area contributed by atoms with Crippen molar-refractivity contribution in [3.05, 3.63) is 48.2 Å². The molecule has 0 atom stereocenters. The fourth-order valence-corrected chi connectivity index (χ4v) is 4.09. The molecule has 1 aromatic carbocycles. The van der Waals surface area contributed by atoms with Crippen LogP contribution < -0.4 is 10.2 Å². The Balaban J connectivity index is 1.60. The summed E-state index contributed by atoms with van der Waals surface area (Å²) in [6.07, 6.45) is 3.88. The van der Waals surface area contributed by atoms with Crippen molar-refractivity contribution >= 4 is 27.4 Å². The van der Waals surface area contributed by atoms with Crippen molar-refractivity contribution in [3.8, 4) is 6.07 Å². The summed E-state index contributed by atoms with van der Waals surface area (Å²) < 4.78 is 26.1. The average Bonchev–Trinajstić information content (AvgIpc) is 3.23. The van der Waals surface area contributed by atoms with Crippen molar-refractivity contribution in [2.45, 2.75) is 17.7 Å². The Hall–Kier alpha value is -2.96. The number of carbonyl (C=O) groups excluding carboxylic acids is 1. The Kier molecular flexibility index (Phi) is 5.92. The van der Waals surface area contributed by atoms with E-state index in [0.717, 1.165) is 36.1 Å². The summed E-state index contributed by atoms with van der Waals surface area (Å²) in [6, 6.07) is 11.1. The molecule has 3 rings (SSSR count).